The van der Waals surface area contributed by atoms with Crippen LogP contribution in [0.3, 0.4) is 0 Å². The van der Waals surface area contributed by atoms with Crippen LogP contribution in [0.4, 0.5) is 0 Å². The zero-order chi connectivity index (χ0) is 11.3. The van der Waals surface area contributed by atoms with E-state index in [4.69, 9.17) is 5.73 Å². The van der Waals surface area contributed by atoms with Gasteiger partial charge in [-0.2, -0.15) is 0 Å². The van der Waals surface area contributed by atoms with E-state index in [0.717, 1.165) is 24.4 Å². The Morgan fingerprint density at radius 2 is 2.33 bits per heavy atom. The Bertz CT molecular complexity index is 269. The maximum atomic E-state index is 6.09. The van der Waals surface area contributed by atoms with Gasteiger partial charge in [-0.1, -0.05) is 13.8 Å². The molecule has 0 bridgehead atoms. The third-order valence-corrected chi connectivity index (χ3v) is 3.61. The van der Waals surface area contributed by atoms with E-state index >= 15 is 0 Å². The van der Waals surface area contributed by atoms with E-state index in [9.17, 15) is 0 Å². The minimum atomic E-state index is -0.120. The smallest absolute Gasteiger partial charge is 0.109 e. The van der Waals surface area contributed by atoms with Crippen molar-refractivity contribution in [1.29, 1.82) is 0 Å². The molecule has 86 valence electrons. The second-order valence-corrected chi connectivity index (χ2v) is 5.15. The van der Waals surface area contributed by atoms with Gasteiger partial charge in [-0.25, -0.2) is 4.98 Å². The van der Waals surface area contributed by atoms with Gasteiger partial charge in [0.05, 0.1) is 6.04 Å². The molecule has 3 nitrogen and oxygen atoms in total. The Morgan fingerprint density at radius 3 is 2.80 bits per heavy atom. The van der Waals surface area contributed by atoms with Crippen LogP contribution >= 0.6 is 11.3 Å². The summed E-state index contributed by atoms with van der Waals surface area (Å²) < 4.78 is 0. The van der Waals surface area contributed by atoms with Gasteiger partial charge in [0.2, 0.25) is 0 Å². The highest BCUT2D eigenvalue weighted by Crippen LogP contribution is 2.19. The van der Waals surface area contributed by atoms with Crippen molar-refractivity contribution in [2.45, 2.75) is 45.2 Å². The lowest BCUT2D eigenvalue weighted by Gasteiger charge is -2.26. The molecular formula is C11H21N3S. The fraction of sp³-hybridized carbons (Fsp3) is 0.727. The molecule has 0 saturated carbocycles. The van der Waals surface area contributed by atoms with Crippen molar-refractivity contribution in [2.75, 3.05) is 6.54 Å². The fourth-order valence-electron chi connectivity index (χ4n) is 1.29. The summed E-state index contributed by atoms with van der Waals surface area (Å²) in [5, 5.41) is 6.66. The number of nitrogens with zero attached hydrogens (tertiary/aromatic N) is 1. The van der Waals surface area contributed by atoms with Gasteiger partial charge in [0.25, 0.3) is 0 Å². The summed E-state index contributed by atoms with van der Waals surface area (Å²) in [5.41, 5.74) is 5.97. The molecule has 15 heavy (non-hydrogen) atoms. The van der Waals surface area contributed by atoms with E-state index in [2.05, 4.69) is 31.1 Å². The molecule has 0 saturated heterocycles. The van der Waals surface area contributed by atoms with Crippen LogP contribution in [0.25, 0.3) is 0 Å². The SMILES string of the molecule is CCC(NCC(C)(N)CC)c1nccs1. The van der Waals surface area contributed by atoms with Crippen LogP contribution < -0.4 is 11.1 Å². The first kappa shape index (κ1) is 12.6. The number of hydrogen-bond donors (Lipinski definition) is 2. The molecule has 0 aliphatic rings. The molecule has 1 rings (SSSR count). The second-order valence-electron chi connectivity index (χ2n) is 4.22. The standard InChI is InChI=1S/C11H21N3S/c1-4-9(10-13-6-7-15-10)14-8-11(3,12)5-2/h6-7,9,14H,4-5,8,12H2,1-3H3. The lowest BCUT2D eigenvalue weighted by Crippen LogP contribution is -2.46. The molecule has 0 aliphatic heterocycles. The molecule has 3 N–H and O–H groups in total. The van der Waals surface area contributed by atoms with E-state index < -0.39 is 0 Å². The zero-order valence-electron chi connectivity index (χ0n) is 9.79. The molecule has 0 fully saturated rings. The number of thiazole rings is 1. The van der Waals surface area contributed by atoms with Gasteiger partial charge in [0, 0.05) is 23.7 Å². The monoisotopic (exact) mass is 227 g/mol. The Balaban J connectivity index is 2.49. The molecule has 1 aromatic rings. The number of nitrogens with one attached hydrogen (secondary N) is 1. The lowest BCUT2D eigenvalue weighted by molar-refractivity contribution is 0.381. The highest BCUT2D eigenvalue weighted by molar-refractivity contribution is 7.09. The van der Waals surface area contributed by atoms with Gasteiger partial charge in [-0.05, 0) is 19.8 Å². The number of nitrogens with two attached hydrogens (primary N) is 1. The lowest BCUT2D eigenvalue weighted by atomic mass is 10.00. The van der Waals surface area contributed by atoms with Crippen LogP contribution in [-0.2, 0) is 0 Å². The van der Waals surface area contributed by atoms with Crippen molar-refractivity contribution in [3.63, 3.8) is 0 Å². The summed E-state index contributed by atoms with van der Waals surface area (Å²) in [6.45, 7) is 7.20. The van der Waals surface area contributed by atoms with Crippen LogP contribution in [-0.4, -0.2) is 17.1 Å². The maximum Gasteiger partial charge on any atom is 0.109 e. The molecule has 4 heteroatoms. The first-order valence-corrected chi connectivity index (χ1v) is 6.38. The average molecular weight is 227 g/mol. The Labute approximate surface area is 96.1 Å². The third kappa shape index (κ3) is 3.89. The zero-order valence-corrected chi connectivity index (χ0v) is 10.6. The van der Waals surface area contributed by atoms with Crippen molar-refractivity contribution in [3.05, 3.63) is 16.6 Å². The summed E-state index contributed by atoms with van der Waals surface area (Å²) in [5.74, 6) is 0. The van der Waals surface area contributed by atoms with Crippen molar-refractivity contribution in [3.8, 4) is 0 Å². The van der Waals surface area contributed by atoms with E-state index in [1.807, 2.05) is 11.6 Å². The van der Waals surface area contributed by atoms with Gasteiger partial charge >= 0.3 is 0 Å². The highest BCUT2D eigenvalue weighted by Gasteiger charge is 2.18. The van der Waals surface area contributed by atoms with Crippen molar-refractivity contribution >= 4 is 11.3 Å². The topological polar surface area (TPSA) is 50.9 Å². The quantitative estimate of drug-likeness (QED) is 0.784. The second kappa shape index (κ2) is 5.58. The normalized spacial score (nSPS) is 17.3. The van der Waals surface area contributed by atoms with E-state index in [0.29, 0.717) is 6.04 Å². The summed E-state index contributed by atoms with van der Waals surface area (Å²) in [7, 11) is 0. The molecule has 0 amide bonds. The summed E-state index contributed by atoms with van der Waals surface area (Å²) in [6.07, 6.45) is 3.88. The van der Waals surface area contributed by atoms with E-state index in [-0.39, 0.29) is 5.54 Å². The maximum absolute atomic E-state index is 6.09. The number of hydrogen-bond acceptors (Lipinski definition) is 4. The Hall–Kier alpha value is -0.450. The Morgan fingerprint density at radius 1 is 1.60 bits per heavy atom. The molecule has 0 aliphatic carbocycles. The summed E-state index contributed by atoms with van der Waals surface area (Å²) in [4.78, 5) is 4.33. The number of rotatable bonds is 6. The first-order chi connectivity index (χ1) is 7.09. The molecule has 0 spiro atoms. The molecule has 1 heterocycles. The number of aromatic nitrogens is 1. The van der Waals surface area contributed by atoms with Gasteiger partial charge < -0.3 is 11.1 Å². The van der Waals surface area contributed by atoms with Crippen LogP contribution in [0.1, 0.15) is 44.7 Å². The van der Waals surface area contributed by atoms with E-state index in [1.165, 1.54) is 0 Å². The van der Waals surface area contributed by atoms with Gasteiger partial charge in [-0.15, -0.1) is 11.3 Å². The predicted octanol–water partition coefficient (Wildman–Crippen LogP) is 2.31. The van der Waals surface area contributed by atoms with Crippen LogP contribution in [0.2, 0.25) is 0 Å². The van der Waals surface area contributed by atoms with Gasteiger partial charge in [0.15, 0.2) is 0 Å². The van der Waals surface area contributed by atoms with Crippen LogP contribution in [0.15, 0.2) is 11.6 Å². The summed E-state index contributed by atoms with van der Waals surface area (Å²) >= 11 is 1.70. The molecule has 2 unspecified atom stereocenters. The third-order valence-electron chi connectivity index (χ3n) is 2.72. The fourth-order valence-corrected chi connectivity index (χ4v) is 2.09. The largest absolute Gasteiger partial charge is 0.324 e. The van der Waals surface area contributed by atoms with E-state index in [1.54, 1.807) is 11.3 Å². The molecule has 1 aromatic heterocycles. The first-order valence-electron chi connectivity index (χ1n) is 5.50. The molecular weight excluding hydrogens is 206 g/mol. The van der Waals surface area contributed by atoms with Gasteiger partial charge in [-0.3, -0.25) is 0 Å². The minimum Gasteiger partial charge on any atom is -0.324 e. The van der Waals surface area contributed by atoms with Gasteiger partial charge in [0.1, 0.15) is 5.01 Å². The minimum absolute atomic E-state index is 0.120. The van der Waals surface area contributed by atoms with Crippen LogP contribution in [0.5, 0.6) is 0 Å². The van der Waals surface area contributed by atoms with Crippen molar-refractivity contribution in [2.24, 2.45) is 5.73 Å². The van der Waals surface area contributed by atoms with Crippen molar-refractivity contribution in [1.82, 2.24) is 10.3 Å². The molecule has 0 aromatic carbocycles. The summed E-state index contributed by atoms with van der Waals surface area (Å²) in [6, 6.07) is 0.347. The van der Waals surface area contributed by atoms with Crippen LogP contribution in [0, 0.1) is 0 Å². The Kier molecular flexibility index (Phi) is 4.70. The predicted molar refractivity (Wildman–Crippen MR) is 66.0 cm³/mol. The average Bonchev–Trinajstić information content (AvgIpc) is 2.72. The molecule has 0 radical (unpaired) electrons. The highest BCUT2D eigenvalue weighted by atomic mass is 32.1. The van der Waals surface area contributed by atoms with Crippen molar-refractivity contribution < 1.29 is 0 Å². The molecule has 2 atom stereocenters.